The van der Waals surface area contributed by atoms with Crippen molar-refractivity contribution in [1.29, 1.82) is 0 Å². The molecule has 1 aliphatic heterocycles. The minimum absolute atomic E-state index is 0. The highest BCUT2D eigenvalue weighted by Crippen LogP contribution is 2.32. The number of guanidine groups is 1. The molecule has 0 bridgehead atoms. The number of hydrogen-bond donors (Lipinski definition) is 1. The quantitative estimate of drug-likeness (QED) is 0.372. The first-order valence-electron chi connectivity index (χ1n) is 10.6. The summed E-state index contributed by atoms with van der Waals surface area (Å²) in [5, 5.41) is 8.03. The van der Waals surface area contributed by atoms with Gasteiger partial charge in [-0.2, -0.15) is 5.10 Å². The lowest BCUT2D eigenvalue weighted by molar-refractivity contribution is 0.234. The van der Waals surface area contributed by atoms with Gasteiger partial charge in [-0.25, -0.2) is 0 Å². The van der Waals surface area contributed by atoms with Gasteiger partial charge in [0.1, 0.15) is 0 Å². The summed E-state index contributed by atoms with van der Waals surface area (Å²) in [6.07, 6.45) is 2.12. The molecule has 1 fully saturated rings. The van der Waals surface area contributed by atoms with Gasteiger partial charge in [0.05, 0.1) is 5.69 Å². The Labute approximate surface area is 193 Å². The Bertz CT molecular complexity index is 799. The van der Waals surface area contributed by atoms with E-state index >= 15 is 0 Å². The average molecular weight is 509 g/mol. The molecule has 2 aromatic rings. The zero-order valence-corrected chi connectivity index (χ0v) is 20.8. The summed E-state index contributed by atoms with van der Waals surface area (Å²) in [4.78, 5) is 7.39. The summed E-state index contributed by atoms with van der Waals surface area (Å²) in [6, 6.07) is 11.0. The normalized spacial score (nSPS) is 19.8. The van der Waals surface area contributed by atoms with Crippen LogP contribution in [-0.2, 0) is 13.5 Å². The fraction of sp³-hybridized carbons (Fsp3) is 0.565. The predicted molar refractivity (Wildman–Crippen MR) is 132 cm³/mol. The summed E-state index contributed by atoms with van der Waals surface area (Å²) in [7, 11) is 2.01. The molecule has 1 N–H and O–H groups in total. The molecule has 3 rings (SSSR count). The van der Waals surface area contributed by atoms with Crippen LogP contribution in [0.2, 0.25) is 0 Å². The van der Waals surface area contributed by atoms with Crippen LogP contribution < -0.4 is 5.32 Å². The zero-order valence-electron chi connectivity index (χ0n) is 18.5. The zero-order chi connectivity index (χ0) is 20.1. The summed E-state index contributed by atoms with van der Waals surface area (Å²) in [6.45, 7) is 12.5. The van der Waals surface area contributed by atoms with Crippen LogP contribution in [0.3, 0.4) is 0 Å². The highest BCUT2D eigenvalue weighted by atomic mass is 127. The van der Waals surface area contributed by atoms with Gasteiger partial charge in [0.25, 0.3) is 0 Å². The van der Waals surface area contributed by atoms with Crippen molar-refractivity contribution in [3.63, 3.8) is 0 Å². The molecule has 2 atom stereocenters. The number of rotatable bonds is 5. The van der Waals surface area contributed by atoms with Crippen molar-refractivity contribution in [3.8, 4) is 0 Å². The minimum atomic E-state index is 0. The summed E-state index contributed by atoms with van der Waals surface area (Å²) in [5.74, 6) is 2.31. The van der Waals surface area contributed by atoms with Crippen molar-refractivity contribution >= 4 is 29.9 Å². The van der Waals surface area contributed by atoms with Crippen molar-refractivity contribution in [2.75, 3.05) is 26.2 Å². The smallest absolute Gasteiger partial charge is 0.193 e. The van der Waals surface area contributed by atoms with Gasteiger partial charge in [-0.15, -0.1) is 24.0 Å². The van der Waals surface area contributed by atoms with Crippen molar-refractivity contribution in [2.24, 2.45) is 18.0 Å². The number of aromatic nitrogens is 2. The number of hydrogen-bond acceptors (Lipinski definition) is 2. The Morgan fingerprint density at radius 3 is 2.55 bits per heavy atom. The molecule has 0 aliphatic carbocycles. The second kappa shape index (κ2) is 11.0. The van der Waals surface area contributed by atoms with Crippen LogP contribution in [0.1, 0.15) is 48.7 Å². The second-order valence-electron chi connectivity index (χ2n) is 7.99. The van der Waals surface area contributed by atoms with Gasteiger partial charge in [0.2, 0.25) is 0 Å². The Balaban J connectivity index is 0.00000300. The maximum atomic E-state index is 4.95. The molecule has 6 heteroatoms. The van der Waals surface area contributed by atoms with Gasteiger partial charge in [-0.1, -0.05) is 37.3 Å². The van der Waals surface area contributed by atoms with Crippen LogP contribution in [0.5, 0.6) is 0 Å². The first-order chi connectivity index (χ1) is 13.5. The fourth-order valence-electron chi connectivity index (χ4n) is 4.41. The van der Waals surface area contributed by atoms with E-state index in [-0.39, 0.29) is 24.0 Å². The first-order valence-corrected chi connectivity index (χ1v) is 10.6. The highest BCUT2D eigenvalue weighted by Gasteiger charge is 2.28. The van der Waals surface area contributed by atoms with Gasteiger partial charge < -0.3 is 10.2 Å². The number of nitrogens with zero attached hydrogens (tertiary/aromatic N) is 4. The third-order valence-corrected chi connectivity index (χ3v) is 6.05. The van der Waals surface area contributed by atoms with Crippen molar-refractivity contribution in [2.45, 2.75) is 46.5 Å². The van der Waals surface area contributed by atoms with E-state index in [4.69, 9.17) is 4.99 Å². The number of benzene rings is 1. The maximum Gasteiger partial charge on any atom is 0.193 e. The van der Waals surface area contributed by atoms with E-state index in [0.717, 1.165) is 44.3 Å². The van der Waals surface area contributed by atoms with E-state index in [1.165, 1.54) is 23.2 Å². The standard InChI is InChI=1S/C23H35N5.HI/c1-6-24-23(25-14-12-22-18(3)26-27(5)19(22)4)28-15-13-21(17(2)16-28)20-10-8-7-9-11-20;/h7-11,17,21H,6,12-16H2,1-5H3,(H,24,25);1H. The lowest BCUT2D eigenvalue weighted by atomic mass is 9.82. The molecule has 0 saturated carbocycles. The lowest BCUT2D eigenvalue weighted by Gasteiger charge is -2.39. The first kappa shape index (κ1) is 23.7. The summed E-state index contributed by atoms with van der Waals surface area (Å²) in [5.41, 5.74) is 5.17. The third kappa shape index (κ3) is 5.74. The lowest BCUT2D eigenvalue weighted by Crippen LogP contribution is -2.48. The van der Waals surface area contributed by atoms with E-state index in [9.17, 15) is 0 Å². The summed E-state index contributed by atoms with van der Waals surface area (Å²) >= 11 is 0. The van der Waals surface area contributed by atoms with Gasteiger partial charge >= 0.3 is 0 Å². The Hall–Kier alpha value is -1.57. The maximum absolute atomic E-state index is 4.95. The number of likely N-dealkylation sites (tertiary alicyclic amines) is 1. The van der Waals surface area contributed by atoms with Crippen LogP contribution in [0, 0.1) is 19.8 Å². The molecule has 0 spiro atoms. The molecular weight excluding hydrogens is 473 g/mol. The number of nitrogens with one attached hydrogen (secondary N) is 1. The van der Waals surface area contributed by atoms with Gasteiger partial charge in [0.15, 0.2) is 5.96 Å². The SMILES string of the molecule is CCNC(=NCCc1c(C)nn(C)c1C)N1CCC(c2ccccc2)C(C)C1.I. The largest absolute Gasteiger partial charge is 0.357 e. The molecule has 2 unspecified atom stereocenters. The number of aryl methyl sites for hydroxylation is 2. The second-order valence-corrected chi connectivity index (χ2v) is 7.99. The monoisotopic (exact) mass is 509 g/mol. The average Bonchev–Trinajstić information content (AvgIpc) is 2.93. The molecule has 160 valence electrons. The molecule has 1 aromatic heterocycles. The van der Waals surface area contributed by atoms with Crippen molar-refractivity contribution < 1.29 is 0 Å². The Morgan fingerprint density at radius 2 is 1.97 bits per heavy atom. The van der Waals surface area contributed by atoms with Gasteiger partial charge in [0, 0.05) is 38.9 Å². The molecule has 0 amide bonds. The van der Waals surface area contributed by atoms with Gasteiger partial charge in [-0.05, 0) is 56.6 Å². The van der Waals surface area contributed by atoms with E-state index in [1.807, 2.05) is 11.7 Å². The van der Waals surface area contributed by atoms with Crippen LogP contribution >= 0.6 is 24.0 Å². The predicted octanol–water partition coefficient (Wildman–Crippen LogP) is 4.29. The number of piperidine rings is 1. The molecule has 1 saturated heterocycles. The molecule has 0 radical (unpaired) electrons. The minimum Gasteiger partial charge on any atom is -0.357 e. The van der Waals surface area contributed by atoms with E-state index in [2.05, 4.69) is 73.3 Å². The fourth-order valence-corrected chi connectivity index (χ4v) is 4.41. The van der Waals surface area contributed by atoms with Crippen molar-refractivity contribution in [1.82, 2.24) is 20.0 Å². The molecule has 2 heterocycles. The number of halogens is 1. The van der Waals surface area contributed by atoms with E-state index < -0.39 is 0 Å². The van der Waals surface area contributed by atoms with E-state index in [1.54, 1.807) is 0 Å². The molecule has 1 aromatic carbocycles. The van der Waals surface area contributed by atoms with Crippen LogP contribution in [0.15, 0.2) is 35.3 Å². The number of aliphatic imine (C=N–C) groups is 1. The molecular formula is C23H36IN5. The molecule has 29 heavy (non-hydrogen) atoms. The van der Waals surface area contributed by atoms with Gasteiger partial charge in [-0.3, -0.25) is 9.67 Å². The van der Waals surface area contributed by atoms with E-state index in [0.29, 0.717) is 11.8 Å². The third-order valence-electron chi connectivity index (χ3n) is 6.05. The van der Waals surface area contributed by atoms with Crippen molar-refractivity contribution in [3.05, 3.63) is 52.8 Å². The molecule has 1 aliphatic rings. The van der Waals surface area contributed by atoms with Crippen LogP contribution in [0.4, 0.5) is 0 Å². The Kier molecular flexibility index (Phi) is 8.99. The topological polar surface area (TPSA) is 45.5 Å². The van der Waals surface area contributed by atoms with Crippen LogP contribution in [0.25, 0.3) is 0 Å². The van der Waals surface area contributed by atoms with Crippen LogP contribution in [-0.4, -0.2) is 46.8 Å². The summed E-state index contributed by atoms with van der Waals surface area (Å²) < 4.78 is 1.97. The highest BCUT2D eigenvalue weighted by molar-refractivity contribution is 14.0. The molecule has 5 nitrogen and oxygen atoms in total. The Morgan fingerprint density at radius 1 is 1.24 bits per heavy atom.